The van der Waals surface area contributed by atoms with Crippen LogP contribution in [-0.4, -0.2) is 61.4 Å². The molecule has 1 aliphatic rings. The molecule has 1 amide bonds. The maximum absolute atomic E-state index is 11.8. The Hall–Kier alpha value is -1.79. The number of amides is 1. The molecule has 0 radical (unpaired) electrons. The monoisotopic (exact) mass is 322 g/mol. The van der Waals surface area contributed by atoms with E-state index in [1.807, 2.05) is 36.1 Å². The van der Waals surface area contributed by atoms with E-state index in [0.29, 0.717) is 32.8 Å². The number of carbonyl (C=O) groups is 1. The first-order chi connectivity index (χ1) is 11.2. The second kappa shape index (κ2) is 9.37. The van der Waals surface area contributed by atoms with Crippen LogP contribution in [0.4, 0.5) is 0 Å². The summed E-state index contributed by atoms with van der Waals surface area (Å²) in [6.07, 6.45) is 1.46. The van der Waals surface area contributed by atoms with E-state index < -0.39 is 0 Å². The molecule has 0 bridgehead atoms. The van der Waals surface area contributed by atoms with Gasteiger partial charge in [0, 0.05) is 6.54 Å². The van der Waals surface area contributed by atoms with Gasteiger partial charge in [0.25, 0.3) is 0 Å². The lowest BCUT2D eigenvalue weighted by Crippen LogP contribution is -2.44. The molecule has 1 fully saturated rings. The van der Waals surface area contributed by atoms with Crippen LogP contribution >= 0.6 is 0 Å². The zero-order valence-electron chi connectivity index (χ0n) is 13.7. The van der Waals surface area contributed by atoms with Crippen molar-refractivity contribution in [2.45, 2.75) is 25.9 Å². The zero-order chi connectivity index (χ0) is 16.5. The summed E-state index contributed by atoms with van der Waals surface area (Å²) in [6.45, 7) is 5.24. The van der Waals surface area contributed by atoms with Crippen LogP contribution in [-0.2, 0) is 4.79 Å². The molecular formula is C17H26N2O4. The van der Waals surface area contributed by atoms with Gasteiger partial charge >= 0.3 is 0 Å². The van der Waals surface area contributed by atoms with E-state index in [0.717, 1.165) is 30.9 Å². The van der Waals surface area contributed by atoms with E-state index in [2.05, 4.69) is 5.32 Å². The van der Waals surface area contributed by atoms with Gasteiger partial charge in [-0.3, -0.25) is 9.69 Å². The molecule has 1 saturated heterocycles. The predicted octanol–water partition coefficient (Wildman–Crippen LogP) is 1.04. The largest absolute Gasteiger partial charge is 0.494 e. The fourth-order valence-electron chi connectivity index (χ4n) is 2.59. The minimum Gasteiger partial charge on any atom is -0.494 e. The first kappa shape index (κ1) is 17.6. The summed E-state index contributed by atoms with van der Waals surface area (Å²) in [4.78, 5) is 13.8. The van der Waals surface area contributed by atoms with E-state index in [1.165, 1.54) is 0 Å². The Bertz CT molecular complexity index is 478. The Labute approximate surface area is 137 Å². The lowest BCUT2D eigenvalue weighted by molar-refractivity contribution is -0.123. The molecule has 0 aromatic heterocycles. The highest BCUT2D eigenvalue weighted by Gasteiger charge is 2.19. The number of piperidine rings is 1. The molecule has 1 aromatic rings. The van der Waals surface area contributed by atoms with Gasteiger partial charge in [-0.1, -0.05) is 0 Å². The van der Waals surface area contributed by atoms with Crippen molar-refractivity contribution >= 4 is 5.91 Å². The molecule has 0 saturated carbocycles. The SMILES string of the molecule is CCOc1ccc(OCCNC(=O)CN2CCCC(O)C2)cc1. The summed E-state index contributed by atoms with van der Waals surface area (Å²) in [6, 6.07) is 7.42. The van der Waals surface area contributed by atoms with E-state index >= 15 is 0 Å². The zero-order valence-corrected chi connectivity index (χ0v) is 13.7. The van der Waals surface area contributed by atoms with Crippen LogP contribution in [0.3, 0.4) is 0 Å². The highest BCUT2D eigenvalue weighted by Crippen LogP contribution is 2.17. The number of hydrogen-bond acceptors (Lipinski definition) is 5. The van der Waals surface area contributed by atoms with Gasteiger partial charge in [-0.25, -0.2) is 0 Å². The van der Waals surface area contributed by atoms with Crippen LogP contribution in [0, 0.1) is 0 Å². The Morgan fingerprint density at radius 2 is 2.00 bits per heavy atom. The number of aliphatic hydroxyl groups excluding tert-OH is 1. The smallest absolute Gasteiger partial charge is 0.234 e. The minimum atomic E-state index is -0.306. The number of benzene rings is 1. The number of ether oxygens (including phenoxy) is 2. The van der Waals surface area contributed by atoms with Crippen LogP contribution < -0.4 is 14.8 Å². The Morgan fingerprint density at radius 1 is 1.30 bits per heavy atom. The van der Waals surface area contributed by atoms with Gasteiger partial charge < -0.3 is 19.9 Å². The van der Waals surface area contributed by atoms with Crippen molar-refractivity contribution in [2.75, 3.05) is 39.4 Å². The fraction of sp³-hybridized carbons (Fsp3) is 0.588. The molecule has 1 unspecified atom stereocenters. The van der Waals surface area contributed by atoms with E-state index in [9.17, 15) is 9.90 Å². The normalized spacial score (nSPS) is 18.4. The minimum absolute atomic E-state index is 0.0330. The van der Waals surface area contributed by atoms with Crippen LogP contribution in [0.2, 0.25) is 0 Å². The van der Waals surface area contributed by atoms with Gasteiger partial charge in [0.05, 0.1) is 25.8 Å². The van der Waals surface area contributed by atoms with Gasteiger partial charge in [0.2, 0.25) is 5.91 Å². The molecule has 2 rings (SSSR count). The molecule has 1 aromatic carbocycles. The molecule has 1 aliphatic heterocycles. The van der Waals surface area contributed by atoms with Crippen LogP contribution in [0.1, 0.15) is 19.8 Å². The van der Waals surface area contributed by atoms with E-state index in [4.69, 9.17) is 9.47 Å². The van der Waals surface area contributed by atoms with Crippen molar-refractivity contribution in [2.24, 2.45) is 0 Å². The molecule has 0 spiro atoms. The number of likely N-dealkylation sites (tertiary alicyclic amines) is 1. The highest BCUT2D eigenvalue weighted by atomic mass is 16.5. The number of hydrogen-bond donors (Lipinski definition) is 2. The van der Waals surface area contributed by atoms with Crippen molar-refractivity contribution in [3.8, 4) is 11.5 Å². The number of rotatable bonds is 8. The fourth-order valence-corrected chi connectivity index (χ4v) is 2.59. The summed E-state index contributed by atoms with van der Waals surface area (Å²) in [5.74, 6) is 1.54. The van der Waals surface area contributed by atoms with E-state index in [-0.39, 0.29) is 12.0 Å². The van der Waals surface area contributed by atoms with Crippen LogP contribution in [0.5, 0.6) is 11.5 Å². The summed E-state index contributed by atoms with van der Waals surface area (Å²) >= 11 is 0. The molecular weight excluding hydrogens is 296 g/mol. The Balaban J connectivity index is 1.60. The predicted molar refractivity (Wildman–Crippen MR) is 87.8 cm³/mol. The van der Waals surface area contributed by atoms with Crippen LogP contribution in [0.15, 0.2) is 24.3 Å². The molecule has 6 heteroatoms. The van der Waals surface area contributed by atoms with Crippen molar-refractivity contribution in [3.63, 3.8) is 0 Å². The average Bonchev–Trinajstić information content (AvgIpc) is 2.53. The van der Waals surface area contributed by atoms with Crippen LogP contribution in [0.25, 0.3) is 0 Å². The number of nitrogens with one attached hydrogen (secondary N) is 1. The number of aliphatic hydroxyl groups is 1. The topological polar surface area (TPSA) is 71.0 Å². The Kier molecular flexibility index (Phi) is 7.16. The standard InChI is InChI=1S/C17H26N2O4/c1-2-22-15-5-7-16(8-6-15)23-11-9-18-17(21)13-19-10-3-4-14(20)12-19/h5-8,14,20H,2-4,9-13H2,1H3,(H,18,21). The van der Waals surface area contributed by atoms with Gasteiger partial charge in [-0.05, 0) is 50.6 Å². The van der Waals surface area contributed by atoms with E-state index in [1.54, 1.807) is 0 Å². The average molecular weight is 322 g/mol. The quantitative estimate of drug-likeness (QED) is 0.700. The van der Waals surface area contributed by atoms with Gasteiger partial charge in [-0.15, -0.1) is 0 Å². The molecule has 2 N–H and O–H groups in total. The summed E-state index contributed by atoms with van der Waals surface area (Å²) in [7, 11) is 0. The maximum atomic E-state index is 11.8. The molecule has 23 heavy (non-hydrogen) atoms. The maximum Gasteiger partial charge on any atom is 0.234 e. The third-order valence-electron chi connectivity index (χ3n) is 3.68. The van der Waals surface area contributed by atoms with Crippen molar-refractivity contribution in [1.82, 2.24) is 10.2 Å². The lowest BCUT2D eigenvalue weighted by atomic mass is 10.1. The first-order valence-corrected chi connectivity index (χ1v) is 8.20. The second-order valence-corrected chi connectivity index (χ2v) is 5.63. The highest BCUT2D eigenvalue weighted by molar-refractivity contribution is 5.78. The molecule has 0 aliphatic carbocycles. The summed E-state index contributed by atoms with van der Waals surface area (Å²) in [5.41, 5.74) is 0. The second-order valence-electron chi connectivity index (χ2n) is 5.63. The van der Waals surface area contributed by atoms with Crippen molar-refractivity contribution in [1.29, 1.82) is 0 Å². The van der Waals surface area contributed by atoms with Gasteiger partial charge in [-0.2, -0.15) is 0 Å². The lowest BCUT2D eigenvalue weighted by Gasteiger charge is -2.29. The van der Waals surface area contributed by atoms with Crippen molar-refractivity contribution in [3.05, 3.63) is 24.3 Å². The van der Waals surface area contributed by atoms with Gasteiger partial charge in [0.1, 0.15) is 18.1 Å². The summed E-state index contributed by atoms with van der Waals surface area (Å²) < 4.78 is 10.9. The molecule has 1 atom stereocenters. The molecule has 6 nitrogen and oxygen atoms in total. The molecule has 1 heterocycles. The number of β-amino-alcohol motifs (C(OH)–C–C–N with tert-alkyl or cyclic N) is 1. The Morgan fingerprint density at radius 3 is 2.65 bits per heavy atom. The number of carbonyl (C=O) groups excluding carboxylic acids is 1. The third-order valence-corrected chi connectivity index (χ3v) is 3.68. The summed E-state index contributed by atoms with van der Waals surface area (Å²) in [5, 5.41) is 12.4. The third kappa shape index (κ3) is 6.46. The number of nitrogens with zero attached hydrogens (tertiary/aromatic N) is 1. The first-order valence-electron chi connectivity index (χ1n) is 8.20. The van der Waals surface area contributed by atoms with Crippen molar-refractivity contribution < 1.29 is 19.4 Å². The molecule has 128 valence electrons. The van der Waals surface area contributed by atoms with Gasteiger partial charge in [0.15, 0.2) is 0 Å².